The molecule has 0 spiro atoms. The Labute approximate surface area is 107 Å². The van der Waals surface area contributed by atoms with Crippen LogP contribution in [0.2, 0.25) is 0 Å². The Bertz CT molecular complexity index is 440. The fraction of sp³-hybridized carbons (Fsp3) is 0.750. The van der Waals surface area contributed by atoms with Crippen LogP contribution in [0.5, 0.6) is 0 Å². The summed E-state index contributed by atoms with van der Waals surface area (Å²) in [6, 6.07) is -0.278. The van der Waals surface area contributed by atoms with Crippen molar-refractivity contribution in [1.82, 2.24) is 20.1 Å². The van der Waals surface area contributed by atoms with Gasteiger partial charge in [-0.2, -0.15) is 0 Å². The second kappa shape index (κ2) is 5.06. The highest BCUT2D eigenvalue weighted by Crippen LogP contribution is 2.19. The molecule has 0 aromatic carbocycles. The van der Waals surface area contributed by atoms with Crippen LogP contribution in [0.1, 0.15) is 44.9 Å². The SMILES string of the molecule is CC(NC(=O)C(C)C(C)N)c1nnc2n1CCC2. The van der Waals surface area contributed by atoms with Crippen LogP contribution >= 0.6 is 0 Å². The van der Waals surface area contributed by atoms with Gasteiger partial charge in [-0.05, 0) is 20.3 Å². The van der Waals surface area contributed by atoms with Gasteiger partial charge in [0.15, 0.2) is 5.82 Å². The van der Waals surface area contributed by atoms with Gasteiger partial charge in [-0.15, -0.1) is 10.2 Å². The number of carbonyl (C=O) groups is 1. The van der Waals surface area contributed by atoms with E-state index in [0.717, 1.165) is 31.0 Å². The highest BCUT2D eigenvalue weighted by atomic mass is 16.2. The predicted octanol–water partition coefficient (Wildman–Crippen LogP) is 0.385. The van der Waals surface area contributed by atoms with Crippen molar-refractivity contribution in [3.8, 4) is 0 Å². The van der Waals surface area contributed by atoms with E-state index in [0.29, 0.717) is 0 Å². The van der Waals surface area contributed by atoms with Crippen LogP contribution in [-0.2, 0) is 17.8 Å². The van der Waals surface area contributed by atoms with Crippen molar-refractivity contribution >= 4 is 5.91 Å². The first-order chi connectivity index (χ1) is 8.50. The summed E-state index contributed by atoms with van der Waals surface area (Å²) < 4.78 is 2.10. The molecule has 0 radical (unpaired) electrons. The van der Waals surface area contributed by atoms with Crippen molar-refractivity contribution in [3.05, 3.63) is 11.6 Å². The smallest absolute Gasteiger partial charge is 0.224 e. The third-order valence-corrected chi connectivity index (χ3v) is 3.59. The lowest BCUT2D eigenvalue weighted by molar-refractivity contribution is -0.125. The zero-order valence-corrected chi connectivity index (χ0v) is 11.2. The molecule has 6 heteroatoms. The number of aryl methyl sites for hydroxylation is 1. The summed E-state index contributed by atoms with van der Waals surface area (Å²) in [4.78, 5) is 11.9. The molecule has 0 aliphatic carbocycles. The Kier molecular flexibility index (Phi) is 3.65. The lowest BCUT2D eigenvalue weighted by Crippen LogP contribution is -2.40. The zero-order valence-electron chi connectivity index (χ0n) is 11.2. The molecule has 3 atom stereocenters. The number of nitrogens with zero attached hydrogens (tertiary/aromatic N) is 3. The van der Waals surface area contributed by atoms with Crippen LogP contribution in [0.4, 0.5) is 0 Å². The molecule has 6 nitrogen and oxygen atoms in total. The molecule has 1 aliphatic rings. The molecule has 0 fully saturated rings. The number of fused-ring (bicyclic) bond motifs is 1. The minimum atomic E-state index is -0.201. The van der Waals surface area contributed by atoms with E-state index in [4.69, 9.17) is 5.73 Å². The number of hydrogen-bond acceptors (Lipinski definition) is 4. The standard InChI is InChI=1S/C12H21N5O/c1-7(8(2)13)12(18)14-9(3)11-16-15-10-5-4-6-17(10)11/h7-9H,4-6,13H2,1-3H3,(H,14,18). The molecule has 18 heavy (non-hydrogen) atoms. The van der Waals surface area contributed by atoms with Gasteiger partial charge in [0.25, 0.3) is 0 Å². The van der Waals surface area contributed by atoms with E-state index in [1.165, 1.54) is 0 Å². The van der Waals surface area contributed by atoms with Crippen molar-refractivity contribution in [2.75, 3.05) is 0 Å². The molecular formula is C12H21N5O. The van der Waals surface area contributed by atoms with Crippen molar-refractivity contribution in [2.45, 2.75) is 52.2 Å². The Morgan fingerprint density at radius 1 is 1.39 bits per heavy atom. The molecule has 0 saturated carbocycles. The molecular weight excluding hydrogens is 230 g/mol. The van der Waals surface area contributed by atoms with Crippen LogP contribution in [0.3, 0.4) is 0 Å². The molecule has 100 valence electrons. The van der Waals surface area contributed by atoms with Crippen molar-refractivity contribution in [1.29, 1.82) is 0 Å². The van der Waals surface area contributed by atoms with Gasteiger partial charge in [-0.25, -0.2) is 0 Å². The predicted molar refractivity (Wildman–Crippen MR) is 67.7 cm³/mol. The summed E-state index contributed by atoms with van der Waals surface area (Å²) in [5.74, 6) is 1.63. The van der Waals surface area contributed by atoms with Gasteiger partial charge in [0.05, 0.1) is 6.04 Å². The fourth-order valence-electron chi connectivity index (χ4n) is 2.14. The molecule has 2 heterocycles. The first-order valence-electron chi connectivity index (χ1n) is 6.48. The second-order valence-corrected chi connectivity index (χ2v) is 5.11. The summed E-state index contributed by atoms with van der Waals surface area (Å²) in [6.45, 7) is 6.55. The van der Waals surface area contributed by atoms with Gasteiger partial charge in [-0.1, -0.05) is 6.92 Å². The number of aromatic nitrogens is 3. The average Bonchev–Trinajstić information content (AvgIpc) is 2.88. The number of rotatable bonds is 4. The summed E-state index contributed by atoms with van der Waals surface area (Å²) in [5.41, 5.74) is 5.73. The third kappa shape index (κ3) is 2.38. The Hall–Kier alpha value is -1.43. The number of amides is 1. The van der Waals surface area contributed by atoms with Crippen LogP contribution in [0.15, 0.2) is 0 Å². The van der Waals surface area contributed by atoms with Crippen LogP contribution < -0.4 is 11.1 Å². The maximum atomic E-state index is 11.9. The molecule has 1 aromatic heterocycles. The van der Waals surface area contributed by atoms with Crippen molar-refractivity contribution in [3.63, 3.8) is 0 Å². The summed E-state index contributed by atoms with van der Waals surface area (Å²) in [6.07, 6.45) is 2.08. The molecule has 0 bridgehead atoms. The van der Waals surface area contributed by atoms with Crippen molar-refractivity contribution < 1.29 is 4.79 Å². The zero-order chi connectivity index (χ0) is 13.3. The molecule has 0 saturated heterocycles. The van der Waals surface area contributed by atoms with Gasteiger partial charge in [0, 0.05) is 24.9 Å². The van der Waals surface area contributed by atoms with Gasteiger partial charge < -0.3 is 15.6 Å². The van der Waals surface area contributed by atoms with Gasteiger partial charge in [0.1, 0.15) is 5.82 Å². The molecule has 1 aliphatic heterocycles. The van der Waals surface area contributed by atoms with E-state index in [1.807, 2.05) is 20.8 Å². The summed E-state index contributed by atoms with van der Waals surface area (Å²) >= 11 is 0. The minimum Gasteiger partial charge on any atom is -0.346 e. The molecule has 2 rings (SSSR count). The fourth-order valence-corrected chi connectivity index (χ4v) is 2.14. The van der Waals surface area contributed by atoms with Gasteiger partial charge in [-0.3, -0.25) is 4.79 Å². The van der Waals surface area contributed by atoms with E-state index >= 15 is 0 Å². The van der Waals surface area contributed by atoms with Crippen molar-refractivity contribution in [2.24, 2.45) is 11.7 Å². The lowest BCUT2D eigenvalue weighted by Gasteiger charge is -2.19. The molecule has 1 aromatic rings. The molecule has 3 unspecified atom stereocenters. The summed E-state index contributed by atoms with van der Waals surface area (Å²) in [5, 5.41) is 11.3. The topological polar surface area (TPSA) is 85.8 Å². The van der Waals surface area contributed by atoms with E-state index in [2.05, 4.69) is 20.1 Å². The summed E-state index contributed by atoms with van der Waals surface area (Å²) in [7, 11) is 0. The second-order valence-electron chi connectivity index (χ2n) is 5.11. The van der Waals surface area contributed by atoms with Gasteiger partial charge >= 0.3 is 0 Å². The number of hydrogen-bond donors (Lipinski definition) is 2. The first kappa shape index (κ1) is 13.0. The normalized spacial score (nSPS) is 19.1. The Morgan fingerprint density at radius 2 is 2.11 bits per heavy atom. The van der Waals surface area contributed by atoms with E-state index in [9.17, 15) is 4.79 Å². The Morgan fingerprint density at radius 3 is 2.78 bits per heavy atom. The number of carbonyl (C=O) groups excluding carboxylic acids is 1. The quantitative estimate of drug-likeness (QED) is 0.810. The molecule has 1 amide bonds. The van der Waals surface area contributed by atoms with E-state index in [-0.39, 0.29) is 23.9 Å². The largest absolute Gasteiger partial charge is 0.346 e. The molecule has 3 N–H and O–H groups in total. The van der Waals surface area contributed by atoms with Gasteiger partial charge in [0.2, 0.25) is 5.91 Å². The first-order valence-corrected chi connectivity index (χ1v) is 6.48. The van der Waals surface area contributed by atoms with Crippen LogP contribution in [0.25, 0.3) is 0 Å². The van der Waals surface area contributed by atoms with Crippen LogP contribution in [0, 0.1) is 5.92 Å². The number of nitrogens with two attached hydrogens (primary N) is 1. The maximum absolute atomic E-state index is 11.9. The third-order valence-electron chi connectivity index (χ3n) is 3.59. The lowest BCUT2D eigenvalue weighted by atomic mass is 10.0. The average molecular weight is 251 g/mol. The minimum absolute atomic E-state index is 0.0344. The maximum Gasteiger partial charge on any atom is 0.224 e. The van der Waals surface area contributed by atoms with E-state index < -0.39 is 0 Å². The Balaban J connectivity index is 2.04. The monoisotopic (exact) mass is 251 g/mol. The highest BCUT2D eigenvalue weighted by Gasteiger charge is 2.24. The highest BCUT2D eigenvalue weighted by molar-refractivity contribution is 5.79. The van der Waals surface area contributed by atoms with E-state index in [1.54, 1.807) is 0 Å². The number of nitrogens with one attached hydrogen (secondary N) is 1. The van der Waals surface area contributed by atoms with Crippen LogP contribution in [-0.4, -0.2) is 26.7 Å².